The highest BCUT2D eigenvalue weighted by atomic mass is 16.5. The molecule has 0 aromatic heterocycles. The Morgan fingerprint density at radius 1 is 1.35 bits per heavy atom. The third kappa shape index (κ3) is 2.49. The molecule has 1 amide bonds. The Labute approximate surface area is 156 Å². The number of ether oxygens (including phenoxy) is 2. The first-order chi connectivity index (χ1) is 12.4. The molecule has 3 fully saturated rings. The summed E-state index contributed by atoms with van der Waals surface area (Å²) < 4.78 is 12.2. The van der Waals surface area contributed by atoms with Gasteiger partial charge in [-0.1, -0.05) is 32.0 Å². The van der Waals surface area contributed by atoms with E-state index >= 15 is 0 Å². The predicted molar refractivity (Wildman–Crippen MR) is 101 cm³/mol. The van der Waals surface area contributed by atoms with E-state index in [0.717, 1.165) is 18.8 Å². The number of carbonyl (C=O) groups excluding carboxylic acids is 1. The van der Waals surface area contributed by atoms with Crippen molar-refractivity contribution in [2.24, 2.45) is 22.7 Å². The number of nitrogens with one attached hydrogen (secondary N) is 1. The molecule has 1 spiro atoms. The average molecular weight is 357 g/mol. The molecule has 4 nitrogen and oxygen atoms in total. The molecule has 26 heavy (non-hydrogen) atoms. The Hall–Kier alpha value is -1.55. The minimum atomic E-state index is 0.0591. The molecule has 2 aliphatic carbocycles. The molecule has 5 atom stereocenters. The molecule has 4 rings (SSSR count). The van der Waals surface area contributed by atoms with E-state index < -0.39 is 0 Å². The van der Waals surface area contributed by atoms with E-state index in [0.29, 0.717) is 18.4 Å². The van der Waals surface area contributed by atoms with Crippen LogP contribution in [-0.4, -0.2) is 25.2 Å². The van der Waals surface area contributed by atoms with Crippen molar-refractivity contribution in [3.05, 3.63) is 29.8 Å². The largest absolute Gasteiger partial charge is 0.493 e. The van der Waals surface area contributed by atoms with E-state index in [9.17, 15) is 4.79 Å². The van der Waals surface area contributed by atoms with Gasteiger partial charge < -0.3 is 14.8 Å². The zero-order chi connectivity index (χ0) is 18.5. The number of benzene rings is 1. The summed E-state index contributed by atoms with van der Waals surface area (Å²) in [6.07, 6.45) is 3.47. The van der Waals surface area contributed by atoms with E-state index in [1.54, 1.807) is 6.92 Å². The minimum absolute atomic E-state index is 0.0591. The molecule has 1 saturated heterocycles. The number of hydrogen-bond acceptors (Lipinski definition) is 3. The summed E-state index contributed by atoms with van der Waals surface area (Å²) in [6.45, 7) is 9.75. The monoisotopic (exact) mass is 357 g/mol. The molecule has 1 N–H and O–H groups in total. The fraction of sp³-hybridized carbons (Fsp3) is 0.682. The number of hydrogen-bond donors (Lipinski definition) is 1. The van der Waals surface area contributed by atoms with E-state index in [1.165, 1.54) is 18.4 Å². The molecule has 1 unspecified atom stereocenters. The molecule has 142 valence electrons. The van der Waals surface area contributed by atoms with Crippen molar-refractivity contribution in [2.75, 3.05) is 13.2 Å². The van der Waals surface area contributed by atoms with Crippen LogP contribution in [0.3, 0.4) is 0 Å². The maximum Gasteiger partial charge on any atom is 0.217 e. The highest BCUT2D eigenvalue weighted by molar-refractivity contribution is 5.73. The van der Waals surface area contributed by atoms with Crippen molar-refractivity contribution in [1.82, 2.24) is 5.32 Å². The summed E-state index contributed by atoms with van der Waals surface area (Å²) in [5.41, 5.74) is 1.45. The maximum absolute atomic E-state index is 12.0. The normalized spacial score (nSPS) is 37.2. The highest BCUT2D eigenvalue weighted by Crippen LogP contribution is 2.70. The maximum atomic E-state index is 12.0. The first-order valence-electron chi connectivity index (χ1n) is 10.0. The van der Waals surface area contributed by atoms with Crippen LogP contribution in [0.4, 0.5) is 0 Å². The molecular weight excluding hydrogens is 326 g/mol. The fourth-order valence-electron chi connectivity index (χ4n) is 6.30. The summed E-state index contributed by atoms with van der Waals surface area (Å²) in [4.78, 5) is 12.0. The van der Waals surface area contributed by atoms with E-state index in [2.05, 4.69) is 31.3 Å². The second-order valence-corrected chi connectivity index (χ2v) is 8.94. The number of rotatable bonds is 4. The van der Waals surface area contributed by atoms with Gasteiger partial charge in [0.25, 0.3) is 0 Å². The Balaban J connectivity index is 1.72. The van der Waals surface area contributed by atoms with E-state index in [-0.39, 0.29) is 28.9 Å². The first-order valence-corrected chi connectivity index (χ1v) is 10.0. The number of fused-ring (bicyclic) bond motifs is 1. The molecule has 2 bridgehead atoms. The smallest absolute Gasteiger partial charge is 0.217 e. The van der Waals surface area contributed by atoms with Gasteiger partial charge in [-0.25, -0.2) is 0 Å². The van der Waals surface area contributed by atoms with Crippen molar-refractivity contribution >= 4 is 5.91 Å². The van der Waals surface area contributed by atoms with Gasteiger partial charge in [-0.05, 0) is 54.9 Å². The Kier molecular flexibility index (Phi) is 4.30. The van der Waals surface area contributed by atoms with Crippen molar-refractivity contribution in [2.45, 2.75) is 59.1 Å². The summed E-state index contributed by atoms with van der Waals surface area (Å²) >= 11 is 0. The molecule has 2 saturated carbocycles. The molecule has 1 aliphatic heterocycles. The predicted octanol–water partition coefficient (Wildman–Crippen LogP) is 4.10. The summed E-state index contributed by atoms with van der Waals surface area (Å²) in [5.74, 6) is 2.09. The number of para-hydroxylation sites is 1. The van der Waals surface area contributed by atoms with Gasteiger partial charge in [0.15, 0.2) is 0 Å². The topological polar surface area (TPSA) is 47.6 Å². The van der Waals surface area contributed by atoms with Crippen molar-refractivity contribution < 1.29 is 14.3 Å². The van der Waals surface area contributed by atoms with Gasteiger partial charge in [-0.15, -0.1) is 0 Å². The molecular formula is C22H31NO3. The Morgan fingerprint density at radius 2 is 2.12 bits per heavy atom. The lowest BCUT2D eigenvalue weighted by Gasteiger charge is -2.53. The van der Waals surface area contributed by atoms with Crippen LogP contribution in [0.15, 0.2) is 24.3 Å². The molecule has 1 aromatic carbocycles. The molecule has 1 aromatic rings. The number of amides is 1. The second kappa shape index (κ2) is 6.26. The van der Waals surface area contributed by atoms with Crippen LogP contribution in [0.25, 0.3) is 0 Å². The minimum Gasteiger partial charge on any atom is -0.493 e. The van der Waals surface area contributed by atoms with Crippen molar-refractivity contribution in [1.29, 1.82) is 0 Å². The molecule has 0 radical (unpaired) electrons. The SMILES string of the molecule is CCOc1ccccc1[C@H]1OCCC23C[C@@H](C[C@H]12)C(C)(C)[C@@H]3NC(C)=O. The van der Waals surface area contributed by atoms with E-state index in [1.807, 2.05) is 19.1 Å². The lowest BCUT2D eigenvalue weighted by atomic mass is 9.58. The third-order valence-corrected chi connectivity index (χ3v) is 7.38. The van der Waals surface area contributed by atoms with Crippen LogP contribution in [-0.2, 0) is 9.53 Å². The standard InChI is InChI=1S/C22H31NO3/c1-5-25-18-9-7-6-8-16(18)19-17-12-15-13-22(17,10-11-26-19)20(21(15,3)4)23-14(2)24/h6-9,15,17,19-20H,5,10-13H2,1-4H3,(H,23,24)/t15-,17-,19-,20+,22?/m1/s1. The van der Waals surface area contributed by atoms with Crippen LogP contribution in [0, 0.1) is 22.7 Å². The van der Waals surface area contributed by atoms with Gasteiger partial charge in [0, 0.05) is 25.1 Å². The zero-order valence-corrected chi connectivity index (χ0v) is 16.4. The van der Waals surface area contributed by atoms with Gasteiger partial charge in [0.2, 0.25) is 5.91 Å². The fourth-order valence-corrected chi connectivity index (χ4v) is 6.30. The van der Waals surface area contributed by atoms with Gasteiger partial charge in [0.1, 0.15) is 5.75 Å². The lowest BCUT2D eigenvalue weighted by molar-refractivity contribution is -0.136. The Morgan fingerprint density at radius 3 is 2.85 bits per heavy atom. The van der Waals surface area contributed by atoms with Crippen LogP contribution < -0.4 is 10.1 Å². The van der Waals surface area contributed by atoms with Gasteiger partial charge in [-0.3, -0.25) is 4.79 Å². The average Bonchev–Trinajstić information content (AvgIpc) is 3.08. The first kappa shape index (κ1) is 17.8. The molecule has 3 aliphatic rings. The highest BCUT2D eigenvalue weighted by Gasteiger charge is 2.68. The lowest BCUT2D eigenvalue weighted by Crippen LogP contribution is -2.58. The number of carbonyl (C=O) groups is 1. The van der Waals surface area contributed by atoms with Gasteiger partial charge in [-0.2, -0.15) is 0 Å². The Bertz CT molecular complexity index is 700. The van der Waals surface area contributed by atoms with Gasteiger partial charge in [0.05, 0.1) is 12.7 Å². The summed E-state index contributed by atoms with van der Waals surface area (Å²) in [5, 5.41) is 3.34. The summed E-state index contributed by atoms with van der Waals surface area (Å²) in [6, 6.07) is 8.52. The van der Waals surface area contributed by atoms with Crippen LogP contribution in [0.2, 0.25) is 0 Å². The van der Waals surface area contributed by atoms with Crippen LogP contribution >= 0.6 is 0 Å². The quantitative estimate of drug-likeness (QED) is 0.882. The van der Waals surface area contributed by atoms with E-state index in [4.69, 9.17) is 9.47 Å². The zero-order valence-electron chi connectivity index (χ0n) is 16.4. The van der Waals surface area contributed by atoms with Gasteiger partial charge >= 0.3 is 0 Å². The third-order valence-electron chi connectivity index (χ3n) is 7.38. The van der Waals surface area contributed by atoms with Crippen molar-refractivity contribution in [3.8, 4) is 5.75 Å². The molecule has 4 heteroatoms. The van der Waals surface area contributed by atoms with Crippen LogP contribution in [0.1, 0.15) is 58.6 Å². The van der Waals surface area contributed by atoms with Crippen molar-refractivity contribution in [3.63, 3.8) is 0 Å². The second-order valence-electron chi connectivity index (χ2n) is 8.94. The molecule has 1 heterocycles. The summed E-state index contributed by atoms with van der Waals surface area (Å²) in [7, 11) is 0. The van der Waals surface area contributed by atoms with Crippen LogP contribution in [0.5, 0.6) is 5.75 Å².